The molecular formula is C16H23NO. The fourth-order valence-corrected chi connectivity index (χ4v) is 1.97. The highest BCUT2D eigenvalue weighted by molar-refractivity contribution is 5.36. The molecule has 1 unspecified atom stereocenters. The third-order valence-corrected chi connectivity index (χ3v) is 2.81. The molecule has 0 amide bonds. The molecule has 1 rings (SSSR count). The van der Waals surface area contributed by atoms with E-state index in [0.29, 0.717) is 6.61 Å². The summed E-state index contributed by atoms with van der Waals surface area (Å²) in [6, 6.07) is 8.48. The van der Waals surface area contributed by atoms with E-state index in [2.05, 4.69) is 24.2 Å². The average Bonchev–Trinajstić information content (AvgIpc) is 2.40. The molecule has 1 aromatic carbocycles. The second-order valence-electron chi connectivity index (χ2n) is 4.22. The molecule has 0 radical (unpaired) electrons. The monoisotopic (exact) mass is 245 g/mol. The minimum atomic E-state index is 0.281. The van der Waals surface area contributed by atoms with E-state index in [1.165, 1.54) is 5.56 Å². The van der Waals surface area contributed by atoms with Gasteiger partial charge in [-0.3, -0.25) is 0 Å². The smallest absolute Gasteiger partial charge is 0.124 e. The summed E-state index contributed by atoms with van der Waals surface area (Å²) in [5, 5.41) is 3.54. The van der Waals surface area contributed by atoms with E-state index >= 15 is 0 Å². The summed E-state index contributed by atoms with van der Waals surface area (Å²) < 4.78 is 5.69. The summed E-state index contributed by atoms with van der Waals surface area (Å²) in [4.78, 5) is 0. The number of hydrogen-bond acceptors (Lipinski definition) is 2. The van der Waals surface area contributed by atoms with Gasteiger partial charge in [0.1, 0.15) is 5.75 Å². The number of terminal acetylenes is 1. The molecule has 0 saturated carbocycles. The van der Waals surface area contributed by atoms with E-state index in [0.717, 1.165) is 31.6 Å². The zero-order chi connectivity index (χ0) is 13.2. The van der Waals surface area contributed by atoms with E-state index in [1.54, 1.807) is 0 Å². The Morgan fingerprint density at radius 2 is 2.11 bits per heavy atom. The lowest BCUT2D eigenvalue weighted by atomic mass is 10.0. The van der Waals surface area contributed by atoms with E-state index < -0.39 is 0 Å². The van der Waals surface area contributed by atoms with Gasteiger partial charge in [-0.1, -0.05) is 25.1 Å². The fraction of sp³-hybridized carbons (Fsp3) is 0.500. The van der Waals surface area contributed by atoms with Gasteiger partial charge in [0.25, 0.3) is 0 Å². The van der Waals surface area contributed by atoms with Gasteiger partial charge in [0, 0.05) is 18.0 Å². The molecule has 0 spiro atoms. The summed E-state index contributed by atoms with van der Waals surface area (Å²) in [5.74, 6) is 3.68. The third-order valence-electron chi connectivity index (χ3n) is 2.81. The number of rotatable bonds is 8. The maximum atomic E-state index is 5.69. The number of hydrogen-bond donors (Lipinski definition) is 1. The van der Waals surface area contributed by atoms with Crippen LogP contribution < -0.4 is 10.1 Å². The van der Waals surface area contributed by atoms with Gasteiger partial charge >= 0.3 is 0 Å². The van der Waals surface area contributed by atoms with Crippen LogP contribution >= 0.6 is 0 Å². The average molecular weight is 245 g/mol. The van der Waals surface area contributed by atoms with Crippen LogP contribution in [0.4, 0.5) is 0 Å². The lowest BCUT2D eigenvalue weighted by Gasteiger charge is -2.21. The Morgan fingerprint density at radius 1 is 1.33 bits per heavy atom. The highest BCUT2D eigenvalue weighted by Gasteiger charge is 2.14. The molecule has 0 saturated heterocycles. The van der Waals surface area contributed by atoms with Crippen LogP contribution in [-0.2, 0) is 0 Å². The molecule has 98 valence electrons. The lowest BCUT2D eigenvalue weighted by Crippen LogP contribution is -2.22. The maximum Gasteiger partial charge on any atom is 0.124 e. The van der Waals surface area contributed by atoms with Crippen molar-refractivity contribution >= 4 is 0 Å². The van der Waals surface area contributed by atoms with E-state index in [-0.39, 0.29) is 6.04 Å². The molecule has 0 bridgehead atoms. The van der Waals surface area contributed by atoms with E-state index in [4.69, 9.17) is 11.2 Å². The number of nitrogens with one attached hydrogen (secondary N) is 1. The van der Waals surface area contributed by atoms with E-state index in [9.17, 15) is 0 Å². The van der Waals surface area contributed by atoms with Gasteiger partial charge in [-0.2, -0.15) is 0 Å². The highest BCUT2D eigenvalue weighted by atomic mass is 16.5. The molecule has 0 aliphatic carbocycles. The van der Waals surface area contributed by atoms with Gasteiger partial charge in [0.15, 0.2) is 0 Å². The Hall–Kier alpha value is -1.46. The van der Waals surface area contributed by atoms with Crippen molar-refractivity contribution in [2.24, 2.45) is 0 Å². The first-order valence-electron chi connectivity index (χ1n) is 6.72. The topological polar surface area (TPSA) is 21.3 Å². The number of para-hydroxylation sites is 1. The van der Waals surface area contributed by atoms with Gasteiger partial charge in [0.2, 0.25) is 0 Å². The predicted octanol–water partition coefficient (Wildman–Crippen LogP) is 3.54. The van der Waals surface area contributed by atoms with Gasteiger partial charge in [-0.15, -0.1) is 12.3 Å². The summed E-state index contributed by atoms with van der Waals surface area (Å²) in [6.45, 7) is 5.86. The molecule has 0 heterocycles. The quantitative estimate of drug-likeness (QED) is 0.707. The molecule has 0 aliphatic heterocycles. The zero-order valence-corrected chi connectivity index (χ0v) is 11.4. The Bertz CT molecular complexity index is 381. The normalized spacial score (nSPS) is 11.8. The van der Waals surface area contributed by atoms with Crippen LogP contribution in [0, 0.1) is 12.3 Å². The van der Waals surface area contributed by atoms with Crippen LogP contribution in [0.5, 0.6) is 5.75 Å². The SMILES string of the molecule is C#CCCC(NCCC)c1ccccc1OCC. The molecule has 0 aliphatic rings. The van der Waals surface area contributed by atoms with Crippen LogP contribution in [0.2, 0.25) is 0 Å². The van der Waals surface area contributed by atoms with E-state index in [1.807, 2.05) is 25.1 Å². The second kappa shape index (κ2) is 8.60. The lowest BCUT2D eigenvalue weighted by molar-refractivity contribution is 0.330. The summed E-state index contributed by atoms with van der Waals surface area (Å²) in [5.41, 5.74) is 1.21. The first-order chi connectivity index (χ1) is 8.83. The van der Waals surface area contributed by atoms with Crippen LogP contribution in [0.15, 0.2) is 24.3 Å². The highest BCUT2D eigenvalue weighted by Crippen LogP contribution is 2.28. The van der Waals surface area contributed by atoms with Crippen molar-refractivity contribution in [3.05, 3.63) is 29.8 Å². The molecule has 2 nitrogen and oxygen atoms in total. The van der Waals surface area contributed by atoms with Gasteiger partial charge in [-0.05, 0) is 32.4 Å². The molecule has 0 fully saturated rings. The summed E-state index contributed by atoms with van der Waals surface area (Å²) in [6.07, 6.45) is 8.21. The van der Waals surface area contributed by atoms with Gasteiger partial charge in [-0.25, -0.2) is 0 Å². The van der Waals surface area contributed by atoms with Crippen LogP contribution in [0.3, 0.4) is 0 Å². The zero-order valence-electron chi connectivity index (χ0n) is 11.4. The first kappa shape index (κ1) is 14.6. The molecular weight excluding hydrogens is 222 g/mol. The van der Waals surface area contributed by atoms with Crippen molar-refractivity contribution in [2.75, 3.05) is 13.2 Å². The van der Waals surface area contributed by atoms with Crippen molar-refractivity contribution in [1.82, 2.24) is 5.32 Å². The second-order valence-corrected chi connectivity index (χ2v) is 4.22. The Morgan fingerprint density at radius 3 is 2.78 bits per heavy atom. The minimum Gasteiger partial charge on any atom is -0.494 e. The summed E-state index contributed by atoms with van der Waals surface area (Å²) in [7, 11) is 0. The first-order valence-corrected chi connectivity index (χ1v) is 6.72. The maximum absolute atomic E-state index is 5.69. The summed E-state index contributed by atoms with van der Waals surface area (Å²) >= 11 is 0. The van der Waals surface area contributed by atoms with Crippen molar-refractivity contribution in [3.8, 4) is 18.1 Å². The molecule has 18 heavy (non-hydrogen) atoms. The van der Waals surface area contributed by atoms with Crippen molar-refractivity contribution in [2.45, 2.75) is 39.2 Å². The molecule has 2 heteroatoms. The van der Waals surface area contributed by atoms with Crippen LogP contribution in [-0.4, -0.2) is 13.2 Å². The number of benzene rings is 1. The Labute approximate surface area is 111 Å². The standard InChI is InChI=1S/C16H23NO/c1-4-7-11-15(17-13-5-2)14-10-8-9-12-16(14)18-6-3/h1,8-10,12,15,17H,5-7,11,13H2,2-3H3. The Kier molecular flexibility index (Phi) is 6.98. The number of ether oxygens (including phenoxy) is 1. The molecule has 1 atom stereocenters. The van der Waals surface area contributed by atoms with Crippen LogP contribution in [0.25, 0.3) is 0 Å². The van der Waals surface area contributed by atoms with Crippen molar-refractivity contribution in [3.63, 3.8) is 0 Å². The van der Waals surface area contributed by atoms with Crippen LogP contribution in [0.1, 0.15) is 44.7 Å². The fourth-order valence-electron chi connectivity index (χ4n) is 1.97. The van der Waals surface area contributed by atoms with Crippen molar-refractivity contribution in [1.29, 1.82) is 0 Å². The largest absolute Gasteiger partial charge is 0.494 e. The van der Waals surface area contributed by atoms with Gasteiger partial charge in [0.05, 0.1) is 6.61 Å². The Balaban J connectivity index is 2.85. The molecule has 1 aromatic rings. The molecule has 0 aromatic heterocycles. The predicted molar refractivity (Wildman–Crippen MR) is 76.7 cm³/mol. The van der Waals surface area contributed by atoms with Crippen molar-refractivity contribution < 1.29 is 4.74 Å². The third kappa shape index (κ3) is 4.43. The minimum absolute atomic E-state index is 0.281. The molecule has 1 N–H and O–H groups in total. The van der Waals surface area contributed by atoms with Gasteiger partial charge < -0.3 is 10.1 Å².